The molecular formula is C11H17BrN2O. The molecule has 0 saturated heterocycles. The molecule has 84 valence electrons. The molecule has 2 unspecified atom stereocenters. The highest BCUT2D eigenvalue weighted by Gasteiger charge is 2.48. The average Bonchev–Trinajstić information content (AvgIpc) is 2.65. The van der Waals surface area contributed by atoms with E-state index in [4.69, 9.17) is 4.74 Å². The second-order valence-corrected chi connectivity index (χ2v) is 5.77. The fourth-order valence-corrected chi connectivity index (χ4v) is 2.41. The molecule has 0 bridgehead atoms. The quantitative estimate of drug-likeness (QED) is 0.792. The van der Waals surface area contributed by atoms with Gasteiger partial charge in [-0.3, -0.25) is 4.68 Å². The van der Waals surface area contributed by atoms with Gasteiger partial charge in [0.2, 0.25) is 0 Å². The summed E-state index contributed by atoms with van der Waals surface area (Å²) in [7, 11) is 0. The first-order chi connectivity index (χ1) is 7.04. The van der Waals surface area contributed by atoms with Crippen LogP contribution in [0.15, 0.2) is 12.4 Å². The second kappa shape index (κ2) is 3.81. The molecule has 0 spiro atoms. The van der Waals surface area contributed by atoms with Crippen LogP contribution in [0.5, 0.6) is 5.75 Å². The van der Waals surface area contributed by atoms with E-state index in [0.717, 1.165) is 18.7 Å². The van der Waals surface area contributed by atoms with Crippen LogP contribution in [0.25, 0.3) is 0 Å². The Balaban J connectivity index is 1.98. The van der Waals surface area contributed by atoms with Crippen molar-refractivity contribution in [3.8, 4) is 5.75 Å². The standard InChI is InChI=1S/C11H17BrN2O/c1-4-14-7-8(6-13-14)15-10-5-9(12)11(10,2)3/h6-7,9-10H,4-5H2,1-3H3. The number of aromatic nitrogens is 2. The summed E-state index contributed by atoms with van der Waals surface area (Å²) in [5, 5.41) is 4.19. The van der Waals surface area contributed by atoms with Crippen LogP contribution < -0.4 is 4.74 Å². The van der Waals surface area contributed by atoms with E-state index in [1.807, 2.05) is 10.9 Å². The molecule has 0 N–H and O–H groups in total. The number of hydrogen-bond acceptors (Lipinski definition) is 2. The van der Waals surface area contributed by atoms with Crippen LogP contribution >= 0.6 is 15.9 Å². The Hall–Kier alpha value is -0.510. The molecule has 3 nitrogen and oxygen atoms in total. The first-order valence-corrected chi connectivity index (χ1v) is 6.28. The SMILES string of the molecule is CCn1cc(OC2CC(Br)C2(C)C)cn1. The zero-order chi connectivity index (χ0) is 11.1. The van der Waals surface area contributed by atoms with Gasteiger partial charge in [0.15, 0.2) is 5.75 Å². The van der Waals surface area contributed by atoms with E-state index >= 15 is 0 Å². The van der Waals surface area contributed by atoms with Crippen molar-refractivity contribution < 1.29 is 4.74 Å². The zero-order valence-corrected chi connectivity index (χ0v) is 11.0. The highest BCUT2D eigenvalue weighted by molar-refractivity contribution is 9.09. The molecule has 0 aromatic carbocycles. The van der Waals surface area contributed by atoms with Crippen LogP contribution in [-0.4, -0.2) is 20.7 Å². The van der Waals surface area contributed by atoms with E-state index in [-0.39, 0.29) is 5.41 Å². The Labute approximate surface area is 98.9 Å². The molecular weight excluding hydrogens is 256 g/mol. The van der Waals surface area contributed by atoms with Gasteiger partial charge in [0, 0.05) is 16.8 Å². The molecule has 1 aliphatic rings. The molecule has 4 heteroatoms. The van der Waals surface area contributed by atoms with Crippen LogP contribution in [0.2, 0.25) is 0 Å². The minimum absolute atomic E-state index is 0.217. The topological polar surface area (TPSA) is 27.1 Å². The molecule has 1 aromatic heterocycles. The van der Waals surface area contributed by atoms with Crippen molar-refractivity contribution in [2.24, 2.45) is 5.41 Å². The summed E-state index contributed by atoms with van der Waals surface area (Å²) in [5.74, 6) is 0.884. The molecule has 2 rings (SSSR count). The van der Waals surface area contributed by atoms with Gasteiger partial charge < -0.3 is 4.74 Å². The summed E-state index contributed by atoms with van der Waals surface area (Å²) >= 11 is 3.65. The highest BCUT2D eigenvalue weighted by Crippen LogP contribution is 2.47. The molecule has 1 aliphatic carbocycles. The Morgan fingerprint density at radius 3 is 2.87 bits per heavy atom. The predicted octanol–water partition coefficient (Wildman–Crippen LogP) is 2.84. The third-order valence-electron chi connectivity index (χ3n) is 3.27. The third kappa shape index (κ3) is 1.92. The molecule has 2 atom stereocenters. The van der Waals surface area contributed by atoms with Crippen LogP contribution in [0.3, 0.4) is 0 Å². The molecule has 1 fully saturated rings. The van der Waals surface area contributed by atoms with E-state index in [1.165, 1.54) is 0 Å². The Bertz CT molecular complexity index is 348. The van der Waals surface area contributed by atoms with Gasteiger partial charge in [-0.2, -0.15) is 5.10 Å². The van der Waals surface area contributed by atoms with Crippen LogP contribution in [0, 0.1) is 5.41 Å². The number of halogens is 1. The highest BCUT2D eigenvalue weighted by atomic mass is 79.9. The smallest absolute Gasteiger partial charge is 0.157 e. The maximum absolute atomic E-state index is 5.91. The Morgan fingerprint density at radius 2 is 2.40 bits per heavy atom. The van der Waals surface area contributed by atoms with Crippen molar-refractivity contribution in [1.29, 1.82) is 0 Å². The molecule has 15 heavy (non-hydrogen) atoms. The van der Waals surface area contributed by atoms with Gasteiger partial charge in [0.25, 0.3) is 0 Å². The van der Waals surface area contributed by atoms with E-state index < -0.39 is 0 Å². The first-order valence-electron chi connectivity index (χ1n) is 5.37. The molecule has 1 heterocycles. The maximum Gasteiger partial charge on any atom is 0.157 e. The van der Waals surface area contributed by atoms with Crippen molar-refractivity contribution in [2.75, 3.05) is 0 Å². The maximum atomic E-state index is 5.91. The van der Waals surface area contributed by atoms with E-state index in [0.29, 0.717) is 10.9 Å². The van der Waals surface area contributed by atoms with E-state index in [1.54, 1.807) is 6.20 Å². The van der Waals surface area contributed by atoms with Crippen molar-refractivity contribution >= 4 is 15.9 Å². The summed E-state index contributed by atoms with van der Waals surface area (Å²) in [6.45, 7) is 7.41. The molecule has 0 aliphatic heterocycles. The van der Waals surface area contributed by atoms with Gasteiger partial charge in [0.1, 0.15) is 6.10 Å². The van der Waals surface area contributed by atoms with Crippen molar-refractivity contribution in [2.45, 2.75) is 44.7 Å². The molecule has 1 saturated carbocycles. The minimum atomic E-state index is 0.217. The van der Waals surface area contributed by atoms with Crippen LogP contribution in [0.4, 0.5) is 0 Å². The van der Waals surface area contributed by atoms with Gasteiger partial charge in [-0.25, -0.2) is 0 Å². The zero-order valence-electron chi connectivity index (χ0n) is 9.40. The minimum Gasteiger partial charge on any atom is -0.486 e. The monoisotopic (exact) mass is 272 g/mol. The lowest BCUT2D eigenvalue weighted by atomic mass is 9.69. The summed E-state index contributed by atoms with van der Waals surface area (Å²) in [5.41, 5.74) is 0.217. The van der Waals surface area contributed by atoms with Crippen molar-refractivity contribution in [1.82, 2.24) is 9.78 Å². The van der Waals surface area contributed by atoms with E-state index in [9.17, 15) is 0 Å². The normalized spacial score (nSPS) is 28.5. The van der Waals surface area contributed by atoms with Gasteiger partial charge in [-0.15, -0.1) is 0 Å². The van der Waals surface area contributed by atoms with Crippen LogP contribution in [-0.2, 0) is 6.54 Å². The number of aryl methyl sites for hydroxylation is 1. The van der Waals surface area contributed by atoms with E-state index in [2.05, 4.69) is 41.8 Å². The summed E-state index contributed by atoms with van der Waals surface area (Å²) < 4.78 is 7.79. The van der Waals surface area contributed by atoms with Gasteiger partial charge in [-0.1, -0.05) is 29.8 Å². The molecule has 0 radical (unpaired) electrons. The van der Waals surface area contributed by atoms with Gasteiger partial charge >= 0.3 is 0 Å². The summed E-state index contributed by atoms with van der Waals surface area (Å²) in [4.78, 5) is 0.566. The lowest BCUT2D eigenvalue weighted by Gasteiger charge is -2.48. The lowest BCUT2D eigenvalue weighted by molar-refractivity contribution is -0.00785. The van der Waals surface area contributed by atoms with Crippen molar-refractivity contribution in [3.63, 3.8) is 0 Å². The van der Waals surface area contributed by atoms with Gasteiger partial charge in [-0.05, 0) is 13.3 Å². The number of hydrogen-bond donors (Lipinski definition) is 0. The number of rotatable bonds is 3. The fourth-order valence-electron chi connectivity index (χ4n) is 1.78. The largest absolute Gasteiger partial charge is 0.486 e. The third-order valence-corrected chi connectivity index (χ3v) is 4.82. The predicted molar refractivity (Wildman–Crippen MR) is 63.4 cm³/mol. The molecule has 1 aromatic rings. The van der Waals surface area contributed by atoms with Gasteiger partial charge in [0.05, 0.1) is 12.4 Å². The van der Waals surface area contributed by atoms with Crippen LogP contribution in [0.1, 0.15) is 27.2 Å². The Kier molecular flexibility index (Phi) is 2.79. The number of nitrogens with zero attached hydrogens (tertiary/aromatic N) is 2. The van der Waals surface area contributed by atoms with Crippen molar-refractivity contribution in [3.05, 3.63) is 12.4 Å². The average molecular weight is 273 g/mol. The second-order valence-electron chi connectivity index (χ2n) is 4.66. The fraction of sp³-hybridized carbons (Fsp3) is 0.727. The summed E-state index contributed by atoms with van der Waals surface area (Å²) in [6, 6.07) is 0. The number of ether oxygens (including phenoxy) is 1. The molecule has 0 amide bonds. The number of alkyl halides is 1. The lowest BCUT2D eigenvalue weighted by Crippen LogP contribution is -2.53. The summed E-state index contributed by atoms with van der Waals surface area (Å²) in [6.07, 6.45) is 5.12. The first kappa shape index (κ1) is 11.0. The Morgan fingerprint density at radius 1 is 1.67 bits per heavy atom.